The van der Waals surface area contributed by atoms with E-state index in [1.165, 1.54) is 11.3 Å². The molecule has 0 saturated carbocycles. The minimum atomic E-state index is -0.439. The van der Waals surface area contributed by atoms with Crippen LogP contribution >= 0.6 is 11.3 Å². The van der Waals surface area contributed by atoms with Crippen LogP contribution < -0.4 is 5.32 Å². The third-order valence-electron chi connectivity index (χ3n) is 3.79. The first-order valence-electron chi connectivity index (χ1n) is 8.33. The molecule has 1 heterocycles. The molecule has 0 spiro atoms. The Bertz CT molecular complexity index is 931. The number of amides is 1. The smallest absolute Gasteiger partial charge is 0.341 e. The Hall–Kier alpha value is -2.92. The molecule has 26 heavy (non-hydrogen) atoms. The molecule has 0 aliphatic rings. The lowest BCUT2D eigenvalue weighted by Crippen LogP contribution is -2.14. The molecule has 2 aromatic carbocycles. The summed E-state index contributed by atoms with van der Waals surface area (Å²) < 4.78 is 5.14. The Morgan fingerprint density at radius 1 is 1.04 bits per heavy atom. The molecule has 132 valence electrons. The van der Waals surface area contributed by atoms with E-state index in [0.29, 0.717) is 16.1 Å². The number of ether oxygens (including phenoxy) is 1. The summed E-state index contributed by atoms with van der Waals surface area (Å²) >= 11 is 1.36. The van der Waals surface area contributed by atoms with Crippen molar-refractivity contribution in [2.75, 3.05) is 11.9 Å². The van der Waals surface area contributed by atoms with E-state index in [9.17, 15) is 9.59 Å². The second-order valence-corrected chi connectivity index (χ2v) is 6.82. The lowest BCUT2D eigenvalue weighted by Gasteiger charge is -2.06. The minimum absolute atomic E-state index is 0.249. The molecule has 0 fully saturated rings. The number of carbonyl (C=O) groups is 2. The Labute approximate surface area is 156 Å². The van der Waals surface area contributed by atoms with Crippen LogP contribution in [0.25, 0.3) is 10.4 Å². The van der Waals surface area contributed by atoms with Crippen LogP contribution in [0, 0.1) is 6.92 Å². The van der Waals surface area contributed by atoms with Gasteiger partial charge in [-0.05, 0) is 37.6 Å². The van der Waals surface area contributed by atoms with Gasteiger partial charge in [-0.15, -0.1) is 11.3 Å². The van der Waals surface area contributed by atoms with Crippen LogP contribution in [0.5, 0.6) is 0 Å². The maximum absolute atomic E-state index is 12.6. The molecule has 1 aromatic heterocycles. The van der Waals surface area contributed by atoms with Crippen molar-refractivity contribution < 1.29 is 14.3 Å². The van der Waals surface area contributed by atoms with Gasteiger partial charge in [0.1, 0.15) is 5.00 Å². The van der Waals surface area contributed by atoms with Gasteiger partial charge in [-0.2, -0.15) is 0 Å². The summed E-state index contributed by atoms with van der Waals surface area (Å²) in [4.78, 5) is 25.8. The van der Waals surface area contributed by atoms with E-state index >= 15 is 0 Å². The molecule has 0 saturated heterocycles. The molecule has 5 heteroatoms. The molecule has 0 atom stereocenters. The van der Waals surface area contributed by atoms with Gasteiger partial charge >= 0.3 is 5.97 Å². The van der Waals surface area contributed by atoms with E-state index < -0.39 is 5.97 Å². The standard InChI is InChI=1S/C21H19NO3S/c1-3-25-21(24)17-13-18(15-9-5-4-6-10-15)26-20(17)22-19(23)16-11-7-8-14(2)12-16/h4-13H,3H2,1-2H3,(H,22,23). The van der Waals surface area contributed by atoms with Crippen LogP contribution in [-0.2, 0) is 4.74 Å². The Morgan fingerprint density at radius 3 is 2.50 bits per heavy atom. The molecule has 0 aliphatic heterocycles. The Kier molecular flexibility index (Phi) is 5.49. The topological polar surface area (TPSA) is 55.4 Å². The zero-order valence-electron chi connectivity index (χ0n) is 14.6. The fourth-order valence-corrected chi connectivity index (χ4v) is 3.60. The van der Waals surface area contributed by atoms with E-state index in [1.54, 1.807) is 19.1 Å². The van der Waals surface area contributed by atoms with Crippen LogP contribution in [0.1, 0.15) is 33.2 Å². The fraction of sp³-hybridized carbons (Fsp3) is 0.143. The van der Waals surface area contributed by atoms with Crippen LogP contribution in [0.15, 0.2) is 60.7 Å². The normalized spacial score (nSPS) is 10.4. The Balaban J connectivity index is 1.95. The van der Waals surface area contributed by atoms with Crippen LogP contribution in [0.2, 0.25) is 0 Å². The third-order valence-corrected chi connectivity index (χ3v) is 4.89. The first-order chi connectivity index (χ1) is 12.6. The molecular weight excluding hydrogens is 346 g/mol. The number of anilines is 1. The number of hydrogen-bond donors (Lipinski definition) is 1. The van der Waals surface area contributed by atoms with Gasteiger partial charge in [-0.25, -0.2) is 4.79 Å². The number of rotatable bonds is 5. The number of thiophene rings is 1. The van der Waals surface area contributed by atoms with E-state index in [-0.39, 0.29) is 12.5 Å². The predicted octanol–water partition coefficient (Wildman–Crippen LogP) is 5.15. The first-order valence-corrected chi connectivity index (χ1v) is 9.14. The Morgan fingerprint density at radius 2 is 1.81 bits per heavy atom. The van der Waals surface area contributed by atoms with Crippen LogP contribution in [0.4, 0.5) is 5.00 Å². The van der Waals surface area contributed by atoms with Gasteiger partial charge in [0.2, 0.25) is 0 Å². The molecule has 0 unspecified atom stereocenters. The summed E-state index contributed by atoms with van der Waals surface area (Å²) in [6.45, 7) is 3.97. The van der Waals surface area contributed by atoms with Crippen molar-refractivity contribution in [1.29, 1.82) is 0 Å². The first kappa shape index (κ1) is 17.9. The van der Waals surface area contributed by atoms with E-state index in [4.69, 9.17) is 4.74 Å². The summed E-state index contributed by atoms with van der Waals surface area (Å²) in [7, 11) is 0. The summed E-state index contributed by atoms with van der Waals surface area (Å²) in [6.07, 6.45) is 0. The summed E-state index contributed by atoms with van der Waals surface area (Å²) in [6, 6.07) is 18.8. The highest BCUT2D eigenvalue weighted by atomic mass is 32.1. The second-order valence-electron chi connectivity index (χ2n) is 5.76. The average Bonchev–Trinajstić information content (AvgIpc) is 3.06. The van der Waals surface area contributed by atoms with Gasteiger partial charge in [-0.3, -0.25) is 4.79 Å². The van der Waals surface area contributed by atoms with E-state index in [0.717, 1.165) is 16.0 Å². The van der Waals surface area contributed by atoms with Gasteiger partial charge in [0.15, 0.2) is 0 Å². The number of carbonyl (C=O) groups excluding carboxylic acids is 2. The SMILES string of the molecule is CCOC(=O)c1cc(-c2ccccc2)sc1NC(=O)c1cccc(C)c1. The van der Waals surface area contributed by atoms with Crippen LogP contribution in [0.3, 0.4) is 0 Å². The second kappa shape index (κ2) is 7.97. The van der Waals surface area contributed by atoms with E-state index in [2.05, 4.69) is 5.32 Å². The third kappa shape index (κ3) is 4.00. The maximum Gasteiger partial charge on any atom is 0.341 e. The van der Waals surface area contributed by atoms with Crippen molar-refractivity contribution in [2.24, 2.45) is 0 Å². The van der Waals surface area contributed by atoms with Gasteiger partial charge in [0.25, 0.3) is 5.91 Å². The van der Waals surface area contributed by atoms with Gasteiger partial charge in [0, 0.05) is 10.4 Å². The molecule has 0 radical (unpaired) electrons. The highest BCUT2D eigenvalue weighted by molar-refractivity contribution is 7.20. The molecule has 4 nitrogen and oxygen atoms in total. The fourth-order valence-electron chi connectivity index (χ4n) is 2.55. The number of esters is 1. The quantitative estimate of drug-likeness (QED) is 0.636. The molecule has 1 amide bonds. The molecule has 3 aromatic rings. The minimum Gasteiger partial charge on any atom is -0.462 e. The van der Waals surface area contributed by atoms with Gasteiger partial charge in [0.05, 0.1) is 12.2 Å². The number of aryl methyl sites for hydroxylation is 1. The molecule has 1 N–H and O–H groups in total. The largest absolute Gasteiger partial charge is 0.462 e. The van der Waals surface area contributed by atoms with E-state index in [1.807, 2.05) is 55.5 Å². The molecular formula is C21H19NO3S. The number of benzene rings is 2. The number of nitrogens with one attached hydrogen (secondary N) is 1. The average molecular weight is 365 g/mol. The lowest BCUT2D eigenvalue weighted by atomic mass is 10.1. The molecule has 0 aliphatic carbocycles. The summed E-state index contributed by atoms with van der Waals surface area (Å²) in [5.74, 6) is -0.689. The van der Waals surface area contributed by atoms with Crippen molar-refractivity contribution in [1.82, 2.24) is 0 Å². The van der Waals surface area contributed by atoms with Crippen molar-refractivity contribution in [3.8, 4) is 10.4 Å². The monoisotopic (exact) mass is 365 g/mol. The van der Waals surface area contributed by atoms with Crippen LogP contribution in [-0.4, -0.2) is 18.5 Å². The lowest BCUT2D eigenvalue weighted by molar-refractivity contribution is 0.0528. The zero-order valence-corrected chi connectivity index (χ0v) is 15.4. The van der Waals surface area contributed by atoms with Gasteiger partial charge < -0.3 is 10.1 Å². The van der Waals surface area contributed by atoms with Crippen molar-refractivity contribution in [3.63, 3.8) is 0 Å². The predicted molar refractivity (Wildman–Crippen MR) is 105 cm³/mol. The molecule has 0 bridgehead atoms. The molecule has 3 rings (SSSR count). The highest BCUT2D eigenvalue weighted by Crippen LogP contribution is 2.36. The van der Waals surface area contributed by atoms with Crippen molar-refractivity contribution in [3.05, 3.63) is 77.4 Å². The summed E-state index contributed by atoms with van der Waals surface area (Å²) in [5.41, 5.74) is 2.91. The maximum atomic E-state index is 12.6. The summed E-state index contributed by atoms with van der Waals surface area (Å²) in [5, 5.41) is 3.36. The zero-order chi connectivity index (χ0) is 18.5. The number of hydrogen-bond acceptors (Lipinski definition) is 4. The van der Waals surface area contributed by atoms with Crippen molar-refractivity contribution >= 4 is 28.2 Å². The van der Waals surface area contributed by atoms with Gasteiger partial charge in [-0.1, -0.05) is 48.0 Å². The highest BCUT2D eigenvalue weighted by Gasteiger charge is 2.20. The van der Waals surface area contributed by atoms with Crippen molar-refractivity contribution in [2.45, 2.75) is 13.8 Å².